The van der Waals surface area contributed by atoms with Crippen LogP contribution >= 0.6 is 0 Å². The fourth-order valence-electron chi connectivity index (χ4n) is 2.80. The van der Waals surface area contributed by atoms with Crippen molar-refractivity contribution in [1.29, 1.82) is 5.26 Å². The van der Waals surface area contributed by atoms with E-state index < -0.39 is 0 Å². The SMILES string of the molecule is CC1CN(C)CCC1NCc1ccccc1OCC#N. The first-order valence-electron chi connectivity index (χ1n) is 7.20. The van der Waals surface area contributed by atoms with Gasteiger partial charge in [-0.2, -0.15) is 5.26 Å². The number of hydrogen-bond donors (Lipinski definition) is 1. The Morgan fingerprint density at radius 3 is 3.00 bits per heavy atom. The zero-order valence-corrected chi connectivity index (χ0v) is 12.3. The molecule has 1 saturated heterocycles. The molecule has 2 atom stereocenters. The highest BCUT2D eigenvalue weighted by molar-refractivity contribution is 5.33. The summed E-state index contributed by atoms with van der Waals surface area (Å²) in [6.07, 6.45) is 1.18. The summed E-state index contributed by atoms with van der Waals surface area (Å²) < 4.78 is 5.46. The molecule has 0 radical (unpaired) electrons. The number of nitrogens with zero attached hydrogens (tertiary/aromatic N) is 2. The van der Waals surface area contributed by atoms with E-state index in [1.54, 1.807) is 0 Å². The van der Waals surface area contributed by atoms with Crippen molar-refractivity contribution >= 4 is 0 Å². The van der Waals surface area contributed by atoms with Gasteiger partial charge in [0.1, 0.15) is 11.8 Å². The number of ether oxygens (including phenoxy) is 1. The van der Waals surface area contributed by atoms with Crippen molar-refractivity contribution in [2.45, 2.75) is 25.9 Å². The summed E-state index contributed by atoms with van der Waals surface area (Å²) in [6, 6.07) is 10.5. The van der Waals surface area contributed by atoms with E-state index >= 15 is 0 Å². The second-order valence-electron chi connectivity index (χ2n) is 5.57. The van der Waals surface area contributed by atoms with Crippen molar-refractivity contribution in [1.82, 2.24) is 10.2 Å². The van der Waals surface area contributed by atoms with Gasteiger partial charge < -0.3 is 15.0 Å². The monoisotopic (exact) mass is 273 g/mol. The van der Waals surface area contributed by atoms with E-state index in [-0.39, 0.29) is 6.61 Å². The third kappa shape index (κ3) is 3.96. The van der Waals surface area contributed by atoms with Gasteiger partial charge in [0.15, 0.2) is 6.61 Å². The smallest absolute Gasteiger partial charge is 0.174 e. The standard InChI is InChI=1S/C16H23N3O/c1-13-12-19(2)9-7-15(13)18-11-14-5-3-4-6-16(14)20-10-8-17/h3-6,13,15,18H,7,9-12H2,1-2H3. The van der Waals surface area contributed by atoms with Gasteiger partial charge in [-0.3, -0.25) is 0 Å². The Labute approximate surface area is 121 Å². The molecule has 1 aliphatic heterocycles. The van der Waals surface area contributed by atoms with Crippen molar-refractivity contribution in [3.8, 4) is 11.8 Å². The van der Waals surface area contributed by atoms with Crippen molar-refractivity contribution in [2.75, 3.05) is 26.7 Å². The molecule has 0 aliphatic carbocycles. The molecule has 0 saturated carbocycles. The van der Waals surface area contributed by atoms with Crippen LogP contribution in [0.15, 0.2) is 24.3 Å². The molecule has 1 aromatic carbocycles. The van der Waals surface area contributed by atoms with Gasteiger partial charge >= 0.3 is 0 Å². The Kier molecular flexibility index (Phi) is 5.40. The molecule has 2 rings (SSSR count). The van der Waals surface area contributed by atoms with E-state index in [0.717, 1.165) is 30.9 Å². The van der Waals surface area contributed by atoms with Crippen LogP contribution in [0.5, 0.6) is 5.75 Å². The van der Waals surface area contributed by atoms with Gasteiger partial charge in [-0.1, -0.05) is 25.1 Å². The summed E-state index contributed by atoms with van der Waals surface area (Å²) >= 11 is 0. The van der Waals surface area contributed by atoms with Crippen LogP contribution in [0.1, 0.15) is 18.9 Å². The van der Waals surface area contributed by atoms with Crippen LogP contribution in [0, 0.1) is 17.2 Å². The normalized spacial score (nSPS) is 23.2. The highest BCUT2D eigenvalue weighted by atomic mass is 16.5. The quantitative estimate of drug-likeness (QED) is 0.891. The Bertz CT molecular complexity index is 469. The lowest BCUT2D eigenvalue weighted by Gasteiger charge is -2.35. The highest BCUT2D eigenvalue weighted by Crippen LogP contribution is 2.20. The molecule has 1 fully saturated rings. The van der Waals surface area contributed by atoms with Gasteiger partial charge in [0.25, 0.3) is 0 Å². The largest absolute Gasteiger partial charge is 0.478 e. The average molecular weight is 273 g/mol. The van der Waals surface area contributed by atoms with Gasteiger partial charge in [0.05, 0.1) is 0 Å². The predicted octanol–water partition coefficient (Wildman–Crippen LogP) is 2.02. The fourth-order valence-corrected chi connectivity index (χ4v) is 2.80. The summed E-state index contributed by atoms with van der Waals surface area (Å²) in [5.41, 5.74) is 1.12. The van der Waals surface area contributed by atoms with Crippen LogP contribution in [-0.4, -0.2) is 37.7 Å². The predicted molar refractivity (Wildman–Crippen MR) is 79.5 cm³/mol. The molecule has 4 heteroatoms. The van der Waals surface area contributed by atoms with Crippen molar-refractivity contribution < 1.29 is 4.74 Å². The molecule has 1 heterocycles. The summed E-state index contributed by atoms with van der Waals surface area (Å²) in [6.45, 7) is 5.48. The van der Waals surface area contributed by atoms with E-state index in [1.807, 2.05) is 24.3 Å². The molecular formula is C16H23N3O. The number of piperidine rings is 1. The first-order valence-corrected chi connectivity index (χ1v) is 7.20. The van der Waals surface area contributed by atoms with Crippen molar-refractivity contribution in [3.63, 3.8) is 0 Å². The molecular weight excluding hydrogens is 250 g/mol. The summed E-state index contributed by atoms with van der Waals surface area (Å²) in [4.78, 5) is 2.38. The van der Waals surface area contributed by atoms with Gasteiger partial charge in [0.2, 0.25) is 0 Å². The van der Waals surface area contributed by atoms with Gasteiger partial charge in [-0.15, -0.1) is 0 Å². The lowest BCUT2D eigenvalue weighted by atomic mass is 9.94. The number of para-hydroxylation sites is 1. The van der Waals surface area contributed by atoms with E-state index in [0.29, 0.717) is 12.0 Å². The van der Waals surface area contributed by atoms with E-state index in [4.69, 9.17) is 10.00 Å². The van der Waals surface area contributed by atoms with Gasteiger partial charge in [0, 0.05) is 24.7 Å². The number of benzene rings is 1. The molecule has 4 nitrogen and oxygen atoms in total. The molecule has 0 spiro atoms. The van der Waals surface area contributed by atoms with Crippen LogP contribution in [0.2, 0.25) is 0 Å². The topological polar surface area (TPSA) is 48.3 Å². The van der Waals surface area contributed by atoms with E-state index in [1.165, 1.54) is 6.42 Å². The van der Waals surface area contributed by atoms with Crippen LogP contribution in [0.4, 0.5) is 0 Å². The number of nitriles is 1. The molecule has 108 valence electrons. The number of hydrogen-bond acceptors (Lipinski definition) is 4. The Balaban J connectivity index is 1.92. The molecule has 1 N–H and O–H groups in total. The lowest BCUT2D eigenvalue weighted by molar-refractivity contribution is 0.174. The summed E-state index contributed by atoms with van der Waals surface area (Å²) in [5, 5.41) is 12.3. The molecule has 0 aromatic heterocycles. The second kappa shape index (κ2) is 7.28. The lowest BCUT2D eigenvalue weighted by Crippen LogP contribution is -2.46. The van der Waals surface area contributed by atoms with Crippen LogP contribution in [0.3, 0.4) is 0 Å². The molecule has 0 amide bonds. The maximum Gasteiger partial charge on any atom is 0.174 e. The van der Waals surface area contributed by atoms with Crippen LogP contribution in [0.25, 0.3) is 0 Å². The van der Waals surface area contributed by atoms with E-state index in [2.05, 4.69) is 30.3 Å². The van der Waals surface area contributed by atoms with Crippen LogP contribution in [-0.2, 0) is 6.54 Å². The third-order valence-electron chi connectivity index (χ3n) is 3.93. The third-order valence-corrected chi connectivity index (χ3v) is 3.93. The second-order valence-corrected chi connectivity index (χ2v) is 5.57. The highest BCUT2D eigenvalue weighted by Gasteiger charge is 2.23. The van der Waals surface area contributed by atoms with Gasteiger partial charge in [-0.25, -0.2) is 0 Å². The molecule has 20 heavy (non-hydrogen) atoms. The fraction of sp³-hybridized carbons (Fsp3) is 0.562. The van der Waals surface area contributed by atoms with E-state index in [9.17, 15) is 0 Å². The Hall–Kier alpha value is -1.57. The number of likely N-dealkylation sites (tertiary alicyclic amines) is 1. The van der Waals surface area contributed by atoms with Gasteiger partial charge in [-0.05, 0) is 32.0 Å². The summed E-state index contributed by atoms with van der Waals surface area (Å²) in [7, 11) is 2.18. The molecule has 2 unspecified atom stereocenters. The Morgan fingerprint density at radius 2 is 2.25 bits per heavy atom. The number of rotatable bonds is 5. The maximum absolute atomic E-state index is 8.62. The summed E-state index contributed by atoms with van der Waals surface area (Å²) in [5.74, 6) is 1.46. The minimum absolute atomic E-state index is 0.0988. The zero-order chi connectivity index (χ0) is 14.4. The Morgan fingerprint density at radius 1 is 1.45 bits per heavy atom. The minimum atomic E-state index is 0.0988. The molecule has 1 aromatic rings. The molecule has 1 aliphatic rings. The van der Waals surface area contributed by atoms with Crippen molar-refractivity contribution in [2.24, 2.45) is 5.92 Å². The maximum atomic E-state index is 8.62. The number of nitrogens with one attached hydrogen (secondary N) is 1. The zero-order valence-electron chi connectivity index (χ0n) is 12.3. The van der Waals surface area contributed by atoms with Crippen molar-refractivity contribution in [3.05, 3.63) is 29.8 Å². The minimum Gasteiger partial charge on any atom is -0.478 e. The first-order chi connectivity index (χ1) is 9.70. The first kappa shape index (κ1) is 14.8. The van der Waals surface area contributed by atoms with Crippen LogP contribution < -0.4 is 10.1 Å². The molecule has 0 bridgehead atoms. The average Bonchev–Trinajstić information content (AvgIpc) is 2.45.